The molecule has 8 aliphatic heterocycles. The van der Waals surface area contributed by atoms with E-state index in [1.165, 1.54) is 9.97 Å². The minimum absolute atomic E-state index is 0.0267. The van der Waals surface area contributed by atoms with E-state index < -0.39 is 223 Å². The molecule has 672 valence electrons. The van der Waals surface area contributed by atoms with Crippen LogP contribution in [-0.4, -0.2) is 178 Å². The molecule has 12 N–H and O–H groups in total. The summed E-state index contributed by atoms with van der Waals surface area (Å²) in [5, 5.41) is 81.4. The highest BCUT2D eigenvalue weighted by atomic mass is 31.2. The SMILES string of the molecule is Cc1cccc2c1OP(=O)(OC[C@@]1(F)O[C@@H](n3cc(F)c(=O)[nH]c3=O)[C@H](O)[C@@H]1O)OC2.[2H]C([2H])(OP1(=O)OCc2cccc(C)c2O1)[C@@]1(F)O[C@@H](n2cc(F)c(=O)[nH]c2=O)[C@H](O)[C@@H]1O.[2H]C([2H])(OP1(=O)OCc2cccc(C)c2O1)[C@@]1(F)O[C@@]([2H])(n2cc(F)c(=O)[nH]c2=O)[C@H](O)[C@@H]1O.[2H][C@@]1(n2cc(F)c(=O)[nH]c2=O)O[C@](F)(COP2(=O)OCc3cccc(C)c3O2)[C@@H](O)[C@H]1O. The normalized spacial score (nSPS) is 34.6. The van der Waals surface area contributed by atoms with Crippen molar-refractivity contribution in [3.05, 3.63) is 249 Å². The Labute approximate surface area is 692 Å². The summed E-state index contributed by atoms with van der Waals surface area (Å²) in [6.07, 6.45) is -29.6. The van der Waals surface area contributed by atoms with Crippen molar-refractivity contribution in [2.45, 2.75) is 151 Å². The molecule has 0 radical (unpaired) electrons. The first-order valence-electron chi connectivity index (χ1n) is 38.2. The second kappa shape index (κ2) is 34.9. The Bertz CT molecular complexity index is 6550. The third-order valence-electron chi connectivity index (χ3n) is 18.7. The van der Waals surface area contributed by atoms with E-state index in [4.69, 9.17) is 72.2 Å². The molecular weight excluding hydrogens is 1780 g/mol. The van der Waals surface area contributed by atoms with Gasteiger partial charge in [0.1, 0.15) is 98.2 Å². The minimum Gasteiger partial charge on any atom is -0.403 e. The van der Waals surface area contributed by atoms with Crippen LogP contribution in [0.5, 0.6) is 23.0 Å². The van der Waals surface area contributed by atoms with E-state index in [0.717, 1.165) is 0 Å². The van der Waals surface area contributed by atoms with E-state index in [9.17, 15) is 115 Å². The summed E-state index contributed by atoms with van der Waals surface area (Å²) in [4.78, 5) is 98.7. The zero-order valence-electron chi connectivity index (χ0n) is 68.9. The largest absolute Gasteiger partial charge is 0.530 e. The molecule has 4 fully saturated rings. The molecule has 8 aliphatic rings. The number of rotatable bonds is 16. The molecule has 0 bridgehead atoms. The maximum Gasteiger partial charge on any atom is 0.530 e. The molecule has 0 amide bonds. The number of alkyl halides is 4. The highest BCUT2D eigenvalue weighted by Gasteiger charge is 2.62. The topological polar surface area (TPSA) is 597 Å². The van der Waals surface area contributed by atoms with Gasteiger partial charge in [0.2, 0.25) is 23.3 Å². The van der Waals surface area contributed by atoms with Crippen LogP contribution in [0.4, 0.5) is 35.1 Å². The second-order valence-corrected chi connectivity index (χ2v) is 33.6. The number of phosphoric ester groups is 4. The number of aromatic amines is 4. The second-order valence-electron chi connectivity index (χ2n) is 27.3. The summed E-state index contributed by atoms with van der Waals surface area (Å²) in [7, 11) is -18.4. The van der Waals surface area contributed by atoms with Gasteiger partial charge in [-0.2, -0.15) is 17.6 Å². The van der Waals surface area contributed by atoms with Gasteiger partial charge >= 0.3 is 54.0 Å². The zero-order chi connectivity index (χ0) is 95.6. The van der Waals surface area contributed by atoms with Gasteiger partial charge in [0.15, 0.2) is 24.9 Å². The van der Waals surface area contributed by atoms with E-state index >= 15 is 17.6 Å². The van der Waals surface area contributed by atoms with Crippen molar-refractivity contribution in [2.24, 2.45) is 0 Å². The first-order valence-corrected chi connectivity index (χ1v) is 41.0. The van der Waals surface area contributed by atoms with Crippen LogP contribution >= 0.6 is 31.3 Å². The average molecular weight is 1860 g/mol. The minimum atomic E-state index is -4.90. The molecule has 124 heavy (non-hydrogen) atoms. The number of hydrogen-bond acceptors (Lipinski definition) is 36. The number of phosphoric acid groups is 4. The lowest BCUT2D eigenvalue weighted by Gasteiger charge is -2.29. The summed E-state index contributed by atoms with van der Waals surface area (Å²) in [6, 6.07) is 19.8. The standard InChI is InChI=1S/4C17H17F2N2O9P/c4*1-8-3-2-4-9-6-27-31(26,30-12(8)9)28-7-17(19)13(23)11(22)15(29-17)21-5-10(18)14(24)20-16(21)25/h4*2-5,11,13,15,22-23H,6-7H2,1H3,(H,20,24,25)/t4*11-,13+,15-,17-,31?/m1111/s1/i7D2,15D;15D;7D2;. The lowest BCUT2D eigenvalue weighted by molar-refractivity contribution is -0.205. The molecule has 44 nitrogen and oxygen atoms in total. The first-order chi connectivity index (χ1) is 60.3. The van der Waals surface area contributed by atoms with Crippen LogP contribution < -0.4 is 63.1 Å². The van der Waals surface area contributed by atoms with Crippen molar-refractivity contribution in [3.8, 4) is 23.0 Å². The van der Waals surface area contributed by atoms with Gasteiger partial charge < -0.3 is 77.9 Å². The zero-order valence-corrected chi connectivity index (χ0v) is 66.4. The van der Waals surface area contributed by atoms with Crippen LogP contribution in [0, 0.1) is 51.0 Å². The van der Waals surface area contributed by atoms with Crippen molar-refractivity contribution in [2.75, 3.05) is 26.3 Å². The van der Waals surface area contributed by atoms with Gasteiger partial charge in [-0.15, -0.1) is 0 Å². The molecule has 12 heterocycles. The van der Waals surface area contributed by atoms with Gasteiger partial charge in [0.05, 0.1) is 59.4 Å². The van der Waals surface area contributed by atoms with Crippen molar-refractivity contribution in [1.29, 1.82) is 0 Å². The number of nitrogens with one attached hydrogen (secondary N) is 4. The lowest BCUT2D eigenvalue weighted by atomic mass is 10.1. The fraction of sp³-hybridized carbons (Fsp3) is 0.412. The van der Waals surface area contributed by atoms with E-state index in [-0.39, 0.29) is 81.7 Å². The number of halogens is 8. The molecule has 4 aromatic heterocycles. The Balaban J connectivity index is 0.000000148. The number of para-hydroxylation sites is 4. The Kier molecular flexibility index (Phi) is 23.6. The van der Waals surface area contributed by atoms with E-state index in [2.05, 4.69) is 9.26 Å². The van der Waals surface area contributed by atoms with Crippen LogP contribution in [0.15, 0.2) is 136 Å². The summed E-state index contributed by atoms with van der Waals surface area (Å²) >= 11 is 0. The van der Waals surface area contributed by atoms with Crippen molar-refractivity contribution >= 4 is 31.3 Å². The number of fused-ring (bicyclic) bond motifs is 4. The maximum absolute atomic E-state index is 15.8. The van der Waals surface area contributed by atoms with Crippen molar-refractivity contribution < 1.29 is 176 Å². The number of aryl methyl sites for hydroxylation is 4. The van der Waals surface area contributed by atoms with Crippen LogP contribution in [0.2, 0.25) is 0 Å². The highest BCUT2D eigenvalue weighted by Crippen LogP contribution is 2.61. The highest BCUT2D eigenvalue weighted by molar-refractivity contribution is 7.49. The fourth-order valence-electron chi connectivity index (χ4n) is 12.2. The summed E-state index contributed by atoms with van der Waals surface area (Å²) < 4.78 is 296. The van der Waals surface area contributed by atoms with Gasteiger partial charge in [-0.25, -0.2) is 55.0 Å². The van der Waals surface area contributed by atoms with Gasteiger partial charge in [-0.3, -0.25) is 93.6 Å². The number of aromatic nitrogens is 8. The number of benzene rings is 4. The van der Waals surface area contributed by atoms with Crippen molar-refractivity contribution in [3.63, 3.8) is 0 Å². The molecule has 20 atom stereocenters. The molecular formula is C68H68F8N8O36P4. The van der Waals surface area contributed by atoms with Crippen molar-refractivity contribution in [1.82, 2.24) is 38.2 Å². The number of aliphatic hydroxyl groups is 8. The van der Waals surface area contributed by atoms with Crippen LogP contribution in [0.25, 0.3) is 0 Å². The number of nitrogens with zero attached hydrogens (tertiary/aromatic N) is 4. The van der Waals surface area contributed by atoms with Gasteiger partial charge in [0, 0.05) is 22.3 Å². The summed E-state index contributed by atoms with van der Waals surface area (Å²) in [5.74, 6) is -20.2. The molecule has 8 aromatic rings. The molecule has 16 rings (SSSR count). The first kappa shape index (κ1) is 83.9. The Morgan fingerprint density at radius 1 is 0.387 bits per heavy atom. The molecule has 0 spiro atoms. The van der Waals surface area contributed by atoms with Crippen LogP contribution in [-0.2, 0) is 99.8 Å². The Morgan fingerprint density at radius 2 is 0.629 bits per heavy atom. The molecule has 0 aliphatic carbocycles. The molecule has 4 aromatic carbocycles. The molecule has 4 saturated heterocycles. The fourth-order valence-corrected chi connectivity index (χ4v) is 17.1. The van der Waals surface area contributed by atoms with Crippen LogP contribution in [0.3, 0.4) is 0 Å². The predicted octanol–water partition coefficient (Wildman–Crippen LogP) is 2.54. The van der Waals surface area contributed by atoms with E-state index in [1.54, 1.807) is 110 Å². The number of aliphatic hydroxyl groups excluding tert-OH is 8. The van der Waals surface area contributed by atoms with Gasteiger partial charge in [-0.1, -0.05) is 72.8 Å². The van der Waals surface area contributed by atoms with Gasteiger partial charge in [0.25, 0.3) is 45.7 Å². The van der Waals surface area contributed by atoms with Crippen LogP contribution in [0.1, 0.15) is 77.6 Å². The van der Waals surface area contributed by atoms with Gasteiger partial charge in [-0.05, 0) is 49.9 Å². The lowest BCUT2D eigenvalue weighted by Crippen LogP contribution is -2.43. The quantitative estimate of drug-likeness (QED) is 0.0488. The molecule has 0 saturated carbocycles. The van der Waals surface area contributed by atoms with E-state index in [0.29, 0.717) is 55.3 Å². The Hall–Kier alpha value is -9.64. The number of hydrogen-bond donors (Lipinski definition) is 12. The Morgan fingerprint density at radius 3 is 0.952 bits per heavy atom. The smallest absolute Gasteiger partial charge is 0.403 e. The van der Waals surface area contributed by atoms with E-state index in [1.807, 2.05) is 0 Å². The number of ether oxygens (including phenoxy) is 4. The molecule has 56 heteroatoms. The average Bonchev–Trinajstić information content (AvgIpc) is 1.55. The summed E-state index contributed by atoms with van der Waals surface area (Å²) in [6.45, 7) is -4.79. The number of H-pyrrole nitrogens is 4. The summed E-state index contributed by atoms with van der Waals surface area (Å²) in [5.41, 5.74) is -6.92. The predicted molar refractivity (Wildman–Crippen MR) is 390 cm³/mol. The third kappa shape index (κ3) is 18.5. The third-order valence-corrected chi connectivity index (χ3v) is 23.6. The molecule has 4 unspecified atom stereocenters. The monoisotopic (exact) mass is 1850 g/mol. The maximum atomic E-state index is 15.8.